The Morgan fingerprint density at radius 3 is 2.25 bits per heavy atom. The lowest BCUT2D eigenvalue weighted by atomic mass is 10.0. The molecule has 0 spiro atoms. The molecular weight excluding hydrogens is 244 g/mol. The third-order valence-electron chi connectivity index (χ3n) is 3.86. The van der Waals surface area contributed by atoms with E-state index in [-0.39, 0.29) is 6.04 Å². The molecule has 0 aromatic heterocycles. The highest BCUT2D eigenvalue weighted by Crippen LogP contribution is 2.28. The summed E-state index contributed by atoms with van der Waals surface area (Å²) in [7, 11) is 2.10. The average Bonchev–Trinajstić information content (AvgIpc) is 2.46. The largest absolute Gasteiger partial charge is 0.344 e. The number of nitrogens with zero attached hydrogens (tertiary/aromatic N) is 1. The number of benzene rings is 2. The molecule has 106 valence electrons. The van der Waals surface area contributed by atoms with Gasteiger partial charge in [-0.3, -0.25) is 0 Å². The van der Waals surface area contributed by atoms with Gasteiger partial charge < -0.3 is 10.6 Å². The van der Waals surface area contributed by atoms with Crippen LogP contribution in [0.3, 0.4) is 0 Å². The molecule has 0 fully saturated rings. The van der Waals surface area contributed by atoms with Crippen LogP contribution in [0.15, 0.2) is 42.5 Å². The zero-order chi connectivity index (χ0) is 14.7. The van der Waals surface area contributed by atoms with Crippen LogP contribution in [-0.4, -0.2) is 7.05 Å². The molecule has 2 nitrogen and oxygen atoms in total. The Bertz CT molecular complexity index is 572. The van der Waals surface area contributed by atoms with Gasteiger partial charge in [-0.1, -0.05) is 36.8 Å². The zero-order valence-electron chi connectivity index (χ0n) is 12.9. The molecule has 0 saturated heterocycles. The number of nitrogens with two attached hydrogens (primary N) is 1. The highest BCUT2D eigenvalue weighted by atomic mass is 15.1. The molecular formula is C18H24N2. The second kappa shape index (κ2) is 6.10. The molecule has 0 amide bonds. The summed E-state index contributed by atoms with van der Waals surface area (Å²) in [6.07, 6.45) is 0.965. The van der Waals surface area contributed by atoms with E-state index in [1.807, 2.05) is 0 Å². The minimum absolute atomic E-state index is 0.135. The minimum Gasteiger partial charge on any atom is -0.344 e. The summed E-state index contributed by atoms with van der Waals surface area (Å²) in [6, 6.07) is 15.2. The lowest BCUT2D eigenvalue weighted by molar-refractivity contribution is 0.699. The molecule has 0 radical (unpaired) electrons. The number of aryl methyl sites for hydroxylation is 2. The summed E-state index contributed by atoms with van der Waals surface area (Å²) < 4.78 is 0. The van der Waals surface area contributed by atoms with Crippen LogP contribution >= 0.6 is 0 Å². The Kier molecular flexibility index (Phi) is 4.46. The number of anilines is 2. The van der Waals surface area contributed by atoms with E-state index in [0.29, 0.717) is 0 Å². The topological polar surface area (TPSA) is 29.3 Å². The summed E-state index contributed by atoms with van der Waals surface area (Å²) in [5.74, 6) is 0. The summed E-state index contributed by atoms with van der Waals surface area (Å²) in [4.78, 5) is 2.22. The summed E-state index contributed by atoms with van der Waals surface area (Å²) in [6.45, 7) is 6.39. The predicted molar refractivity (Wildman–Crippen MR) is 87.6 cm³/mol. The van der Waals surface area contributed by atoms with Crippen molar-refractivity contribution in [2.75, 3.05) is 11.9 Å². The van der Waals surface area contributed by atoms with Crippen molar-refractivity contribution in [1.82, 2.24) is 0 Å². The lowest BCUT2D eigenvalue weighted by Crippen LogP contribution is -2.12. The standard InChI is InChI=1S/C18H24N2/c1-5-17(19)15-7-9-16(10-8-15)20(4)18-11-6-13(2)12-14(18)3/h6-12,17H,5,19H2,1-4H3/t17-/m0/s1. The van der Waals surface area contributed by atoms with Gasteiger partial charge in [0.1, 0.15) is 0 Å². The first-order chi connectivity index (χ1) is 9.52. The van der Waals surface area contributed by atoms with Gasteiger partial charge >= 0.3 is 0 Å². The van der Waals surface area contributed by atoms with Crippen molar-refractivity contribution in [3.05, 3.63) is 59.2 Å². The maximum absolute atomic E-state index is 6.06. The molecule has 20 heavy (non-hydrogen) atoms. The Morgan fingerprint density at radius 1 is 1.05 bits per heavy atom. The molecule has 0 aliphatic carbocycles. The Hall–Kier alpha value is -1.80. The predicted octanol–water partition coefficient (Wildman–Crippen LogP) is 4.48. The molecule has 0 unspecified atom stereocenters. The Labute approximate surface area is 122 Å². The quantitative estimate of drug-likeness (QED) is 0.885. The highest BCUT2D eigenvalue weighted by molar-refractivity contribution is 5.66. The van der Waals surface area contributed by atoms with Gasteiger partial charge in [-0.2, -0.15) is 0 Å². The van der Waals surface area contributed by atoms with E-state index in [4.69, 9.17) is 5.73 Å². The van der Waals surface area contributed by atoms with Gasteiger partial charge in [-0.25, -0.2) is 0 Å². The number of hydrogen-bond acceptors (Lipinski definition) is 2. The van der Waals surface area contributed by atoms with E-state index >= 15 is 0 Å². The molecule has 0 bridgehead atoms. The van der Waals surface area contributed by atoms with E-state index in [0.717, 1.165) is 6.42 Å². The summed E-state index contributed by atoms with van der Waals surface area (Å²) in [5.41, 5.74) is 12.3. The van der Waals surface area contributed by atoms with Crippen LogP contribution in [0.2, 0.25) is 0 Å². The van der Waals surface area contributed by atoms with Crippen molar-refractivity contribution in [3.63, 3.8) is 0 Å². The highest BCUT2D eigenvalue weighted by Gasteiger charge is 2.08. The van der Waals surface area contributed by atoms with E-state index in [9.17, 15) is 0 Å². The van der Waals surface area contributed by atoms with Crippen LogP contribution in [-0.2, 0) is 0 Å². The Balaban J connectivity index is 2.26. The van der Waals surface area contributed by atoms with Crippen LogP contribution in [0.25, 0.3) is 0 Å². The van der Waals surface area contributed by atoms with Crippen LogP contribution in [0, 0.1) is 13.8 Å². The van der Waals surface area contributed by atoms with E-state index in [1.165, 1.54) is 28.1 Å². The van der Waals surface area contributed by atoms with Crippen LogP contribution in [0.5, 0.6) is 0 Å². The fraction of sp³-hybridized carbons (Fsp3) is 0.333. The molecule has 0 saturated carbocycles. The van der Waals surface area contributed by atoms with E-state index < -0.39 is 0 Å². The first kappa shape index (κ1) is 14.6. The van der Waals surface area contributed by atoms with Gasteiger partial charge in [0.05, 0.1) is 0 Å². The molecule has 2 aromatic rings. The average molecular weight is 268 g/mol. The first-order valence-corrected chi connectivity index (χ1v) is 7.19. The number of hydrogen-bond donors (Lipinski definition) is 1. The third-order valence-corrected chi connectivity index (χ3v) is 3.86. The van der Waals surface area contributed by atoms with Crippen LogP contribution < -0.4 is 10.6 Å². The van der Waals surface area contributed by atoms with Gasteiger partial charge in [0.15, 0.2) is 0 Å². The fourth-order valence-electron chi connectivity index (χ4n) is 2.50. The monoisotopic (exact) mass is 268 g/mol. The van der Waals surface area contributed by atoms with E-state index in [1.54, 1.807) is 0 Å². The molecule has 2 N–H and O–H groups in total. The van der Waals surface area contributed by atoms with Crippen molar-refractivity contribution in [2.45, 2.75) is 33.2 Å². The van der Waals surface area contributed by atoms with Gasteiger partial charge in [-0.05, 0) is 49.6 Å². The van der Waals surface area contributed by atoms with Crippen molar-refractivity contribution < 1.29 is 0 Å². The fourth-order valence-corrected chi connectivity index (χ4v) is 2.50. The molecule has 2 rings (SSSR count). The molecule has 0 aliphatic heterocycles. The van der Waals surface area contributed by atoms with Gasteiger partial charge in [0, 0.05) is 24.5 Å². The molecule has 0 heterocycles. The molecule has 0 aliphatic rings. The third kappa shape index (κ3) is 3.02. The molecule has 2 aromatic carbocycles. The molecule has 1 atom stereocenters. The maximum atomic E-state index is 6.06. The molecule has 2 heteroatoms. The Morgan fingerprint density at radius 2 is 1.70 bits per heavy atom. The second-order valence-corrected chi connectivity index (χ2v) is 5.46. The van der Waals surface area contributed by atoms with Gasteiger partial charge in [0.25, 0.3) is 0 Å². The van der Waals surface area contributed by atoms with Crippen LogP contribution in [0.4, 0.5) is 11.4 Å². The van der Waals surface area contributed by atoms with Crippen molar-refractivity contribution in [1.29, 1.82) is 0 Å². The van der Waals surface area contributed by atoms with Crippen molar-refractivity contribution in [3.8, 4) is 0 Å². The second-order valence-electron chi connectivity index (χ2n) is 5.46. The number of rotatable bonds is 4. The van der Waals surface area contributed by atoms with Gasteiger partial charge in [-0.15, -0.1) is 0 Å². The summed E-state index contributed by atoms with van der Waals surface area (Å²) >= 11 is 0. The van der Waals surface area contributed by atoms with Crippen molar-refractivity contribution in [2.24, 2.45) is 5.73 Å². The first-order valence-electron chi connectivity index (χ1n) is 7.19. The maximum Gasteiger partial charge on any atom is 0.0437 e. The smallest absolute Gasteiger partial charge is 0.0437 e. The summed E-state index contributed by atoms with van der Waals surface area (Å²) in [5, 5.41) is 0. The normalized spacial score (nSPS) is 12.2. The lowest BCUT2D eigenvalue weighted by Gasteiger charge is -2.22. The minimum atomic E-state index is 0.135. The zero-order valence-corrected chi connectivity index (χ0v) is 12.9. The van der Waals surface area contributed by atoms with Crippen LogP contribution in [0.1, 0.15) is 36.1 Å². The van der Waals surface area contributed by atoms with Gasteiger partial charge in [0.2, 0.25) is 0 Å². The van der Waals surface area contributed by atoms with E-state index in [2.05, 4.69) is 75.2 Å². The van der Waals surface area contributed by atoms with Crippen molar-refractivity contribution >= 4 is 11.4 Å². The SMILES string of the molecule is CC[C@H](N)c1ccc(N(C)c2ccc(C)cc2C)cc1.